The van der Waals surface area contributed by atoms with Crippen LogP contribution in [0.2, 0.25) is 0 Å². The Kier molecular flexibility index (Phi) is 4.07. The molecule has 2 rings (SSSR count). The summed E-state index contributed by atoms with van der Waals surface area (Å²) in [5, 5.41) is 11.9. The molecule has 2 saturated carbocycles. The van der Waals surface area contributed by atoms with Crippen molar-refractivity contribution in [2.45, 2.75) is 38.1 Å². The highest BCUT2D eigenvalue weighted by molar-refractivity contribution is 5.88. The number of carboxylic acid groups (broad SMARTS) is 1. The van der Waals surface area contributed by atoms with Crippen LogP contribution in [0.1, 0.15) is 32.1 Å². The average Bonchev–Trinajstić information content (AvgIpc) is 3.00. The van der Waals surface area contributed by atoms with E-state index >= 15 is 0 Å². The summed E-state index contributed by atoms with van der Waals surface area (Å²) in [5.41, 5.74) is 0. The van der Waals surface area contributed by atoms with Crippen LogP contribution in [0, 0.1) is 11.8 Å². The van der Waals surface area contributed by atoms with Crippen LogP contribution < -0.4 is 5.32 Å². The number of carboxylic acids is 1. The number of hydrogen-bond donors (Lipinski definition) is 2. The van der Waals surface area contributed by atoms with Crippen molar-refractivity contribution < 1.29 is 19.5 Å². The number of carbonyl (C=O) groups excluding carboxylic acids is 2. The standard InChI is InChI=1S/C13H20N2O4/c1-15(7-11(16)14-8-5-6-8)12(17)9-3-2-4-10(9)13(18)19/h8-10H,2-7H2,1H3,(H,14,16)(H,18,19). The summed E-state index contributed by atoms with van der Waals surface area (Å²) >= 11 is 0. The monoisotopic (exact) mass is 268 g/mol. The zero-order chi connectivity index (χ0) is 14.0. The summed E-state index contributed by atoms with van der Waals surface area (Å²) in [7, 11) is 1.56. The molecule has 0 radical (unpaired) electrons. The lowest BCUT2D eigenvalue weighted by Gasteiger charge is -2.23. The molecule has 0 heterocycles. The summed E-state index contributed by atoms with van der Waals surface area (Å²) in [6.07, 6.45) is 3.92. The molecule has 2 aliphatic carbocycles. The molecule has 0 aromatic heterocycles. The van der Waals surface area contributed by atoms with Gasteiger partial charge in [-0.05, 0) is 25.7 Å². The number of amides is 2. The molecule has 2 unspecified atom stereocenters. The van der Waals surface area contributed by atoms with Crippen molar-refractivity contribution >= 4 is 17.8 Å². The molecule has 19 heavy (non-hydrogen) atoms. The molecular formula is C13H20N2O4. The number of rotatable bonds is 5. The van der Waals surface area contributed by atoms with E-state index in [-0.39, 0.29) is 24.4 Å². The third-order valence-electron chi connectivity index (χ3n) is 3.85. The van der Waals surface area contributed by atoms with E-state index in [0.29, 0.717) is 12.8 Å². The van der Waals surface area contributed by atoms with Crippen molar-refractivity contribution in [2.24, 2.45) is 11.8 Å². The van der Waals surface area contributed by atoms with Crippen LogP contribution in [0.4, 0.5) is 0 Å². The van der Waals surface area contributed by atoms with Crippen LogP contribution in [-0.2, 0) is 14.4 Å². The summed E-state index contributed by atoms with van der Waals surface area (Å²) in [5.74, 6) is -2.37. The molecule has 2 fully saturated rings. The third kappa shape index (κ3) is 3.45. The molecule has 106 valence electrons. The highest BCUT2D eigenvalue weighted by Gasteiger charge is 2.39. The summed E-state index contributed by atoms with van der Waals surface area (Å²) < 4.78 is 0. The van der Waals surface area contributed by atoms with E-state index in [1.807, 2.05) is 0 Å². The molecule has 2 amide bonds. The number of nitrogens with one attached hydrogen (secondary N) is 1. The van der Waals surface area contributed by atoms with E-state index < -0.39 is 17.8 Å². The first-order valence-corrected chi connectivity index (χ1v) is 6.76. The quantitative estimate of drug-likeness (QED) is 0.747. The van der Waals surface area contributed by atoms with E-state index in [4.69, 9.17) is 5.11 Å². The zero-order valence-corrected chi connectivity index (χ0v) is 11.1. The van der Waals surface area contributed by atoms with Crippen molar-refractivity contribution in [2.75, 3.05) is 13.6 Å². The Balaban J connectivity index is 1.86. The Labute approximate surface area is 112 Å². The zero-order valence-electron chi connectivity index (χ0n) is 11.1. The fourth-order valence-electron chi connectivity index (χ4n) is 2.63. The molecule has 6 nitrogen and oxygen atoms in total. The lowest BCUT2D eigenvalue weighted by atomic mass is 9.95. The second-order valence-corrected chi connectivity index (χ2v) is 5.52. The van der Waals surface area contributed by atoms with E-state index in [0.717, 1.165) is 19.3 Å². The maximum atomic E-state index is 12.2. The number of hydrogen-bond acceptors (Lipinski definition) is 3. The van der Waals surface area contributed by atoms with E-state index in [2.05, 4.69) is 5.32 Å². The Morgan fingerprint density at radius 2 is 1.79 bits per heavy atom. The first-order chi connectivity index (χ1) is 8.99. The minimum absolute atomic E-state index is 0.0121. The molecule has 0 aliphatic heterocycles. The topological polar surface area (TPSA) is 86.7 Å². The number of likely N-dealkylation sites (N-methyl/N-ethyl adjacent to an activating group) is 1. The van der Waals surface area contributed by atoms with Gasteiger partial charge in [0.1, 0.15) is 0 Å². The van der Waals surface area contributed by atoms with Crippen molar-refractivity contribution in [3.63, 3.8) is 0 Å². The molecule has 0 saturated heterocycles. The molecule has 0 aromatic carbocycles. The molecule has 2 atom stereocenters. The third-order valence-corrected chi connectivity index (χ3v) is 3.85. The van der Waals surface area contributed by atoms with Gasteiger partial charge in [0.15, 0.2) is 0 Å². The van der Waals surface area contributed by atoms with E-state index in [1.54, 1.807) is 7.05 Å². The lowest BCUT2D eigenvalue weighted by molar-refractivity contribution is -0.149. The fraction of sp³-hybridized carbons (Fsp3) is 0.769. The maximum absolute atomic E-state index is 12.2. The Bertz CT molecular complexity index is 392. The highest BCUT2D eigenvalue weighted by atomic mass is 16.4. The van der Waals surface area contributed by atoms with Crippen LogP contribution in [0.5, 0.6) is 0 Å². The first-order valence-electron chi connectivity index (χ1n) is 6.76. The van der Waals surface area contributed by atoms with Crippen molar-refractivity contribution in [3.8, 4) is 0 Å². The van der Waals surface area contributed by atoms with E-state index in [1.165, 1.54) is 4.90 Å². The second kappa shape index (κ2) is 5.59. The fourth-order valence-corrected chi connectivity index (χ4v) is 2.63. The first kappa shape index (κ1) is 13.8. The van der Waals surface area contributed by atoms with Gasteiger partial charge in [0, 0.05) is 13.1 Å². The van der Waals surface area contributed by atoms with Gasteiger partial charge in [-0.3, -0.25) is 14.4 Å². The normalized spacial score (nSPS) is 25.9. The Morgan fingerprint density at radius 1 is 1.16 bits per heavy atom. The lowest BCUT2D eigenvalue weighted by Crippen LogP contribution is -2.43. The predicted molar refractivity (Wildman–Crippen MR) is 67.3 cm³/mol. The van der Waals surface area contributed by atoms with Gasteiger partial charge in [-0.15, -0.1) is 0 Å². The van der Waals surface area contributed by atoms with Gasteiger partial charge in [0.05, 0.1) is 18.4 Å². The largest absolute Gasteiger partial charge is 0.481 e. The number of aliphatic carboxylic acids is 1. The average molecular weight is 268 g/mol. The van der Waals surface area contributed by atoms with Crippen LogP contribution in [0.3, 0.4) is 0 Å². The van der Waals surface area contributed by atoms with Gasteiger partial charge in [-0.1, -0.05) is 6.42 Å². The Morgan fingerprint density at radius 3 is 2.37 bits per heavy atom. The van der Waals surface area contributed by atoms with Crippen LogP contribution in [0.15, 0.2) is 0 Å². The van der Waals surface area contributed by atoms with Gasteiger partial charge >= 0.3 is 5.97 Å². The highest BCUT2D eigenvalue weighted by Crippen LogP contribution is 2.33. The molecule has 2 aliphatic rings. The van der Waals surface area contributed by atoms with E-state index in [9.17, 15) is 14.4 Å². The van der Waals surface area contributed by atoms with Crippen LogP contribution >= 0.6 is 0 Å². The molecule has 0 aromatic rings. The summed E-state index contributed by atoms with van der Waals surface area (Å²) in [4.78, 5) is 36.2. The molecule has 0 spiro atoms. The summed E-state index contributed by atoms with van der Waals surface area (Å²) in [6, 6.07) is 0.272. The van der Waals surface area contributed by atoms with Crippen molar-refractivity contribution in [1.29, 1.82) is 0 Å². The summed E-state index contributed by atoms with van der Waals surface area (Å²) in [6.45, 7) is 0.0121. The molecular weight excluding hydrogens is 248 g/mol. The SMILES string of the molecule is CN(CC(=O)NC1CC1)C(=O)C1CCCC1C(=O)O. The second-order valence-electron chi connectivity index (χ2n) is 5.52. The van der Waals surface area contributed by atoms with Crippen molar-refractivity contribution in [1.82, 2.24) is 10.2 Å². The van der Waals surface area contributed by atoms with Gasteiger partial charge in [-0.2, -0.15) is 0 Å². The Hall–Kier alpha value is -1.59. The smallest absolute Gasteiger partial charge is 0.307 e. The maximum Gasteiger partial charge on any atom is 0.307 e. The number of nitrogens with zero attached hydrogens (tertiary/aromatic N) is 1. The molecule has 2 N–H and O–H groups in total. The van der Waals surface area contributed by atoms with Gasteiger partial charge in [0.25, 0.3) is 0 Å². The van der Waals surface area contributed by atoms with Crippen LogP contribution in [-0.4, -0.2) is 47.4 Å². The van der Waals surface area contributed by atoms with Gasteiger partial charge < -0.3 is 15.3 Å². The van der Waals surface area contributed by atoms with Crippen molar-refractivity contribution in [3.05, 3.63) is 0 Å². The minimum Gasteiger partial charge on any atom is -0.481 e. The van der Waals surface area contributed by atoms with Gasteiger partial charge in [0.2, 0.25) is 11.8 Å². The predicted octanol–water partition coefficient (Wildman–Crippen LogP) is 0.224. The molecule has 0 bridgehead atoms. The van der Waals surface area contributed by atoms with Gasteiger partial charge in [-0.25, -0.2) is 0 Å². The minimum atomic E-state index is -0.910. The number of carbonyl (C=O) groups is 3. The molecule has 6 heteroatoms. The van der Waals surface area contributed by atoms with Crippen LogP contribution in [0.25, 0.3) is 0 Å².